The van der Waals surface area contributed by atoms with Crippen molar-refractivity contribution in [2.24, 2.45) is 0 Å². The van der Waals surface area contributed by atoms with Crippen LogP contribution in [0.3, 0.4) is 0 Å². The molecule has 108 valence electrons. The molecule has 0 unspecified atom stereocenters. The van der Waals surface area contributed by atoms with E-state index in [1.807, 2.05) is 43.5 Å². The highest BCUT2D eigenvalue weighted by atomic mass is 79.9. The predicted molar refractivity (Wildman–Crippen MR) is 88.8 cm³/mol. The maximum Gasteiger partial charge on any atom is 0.166 e. The van der Waals surface area contributed by atoms with E-state index >= 15 is 0 Å². The summed E-state index contributed by atoms with van der Waals surface area (Å²) in [5.74, 6) is 1.64. The van der Waals surface area contributed by atoms with Gasteiger partial charge in [0.05, 0.1) is 23.3 Å². The Labute approximate surface area is 135 Å². The number of nitrogens with one attached hydrogen (secondary N) is 1. The van der Waals surface area contributed by atoms with Gasteiger partial charge in [-0.3, -0.25) is 4.98 Å². The second-order valence-electron chi connectivity index (χ2n) is 4.41. The second-order valence-corrected chi connectivity index (χ2v) is 6.29. The quantitative estimate of drug-likeness (QED) is 0.682. The van der Waals surface area contributed by atoms with E-state index < -0.39 is 0 Å². The van der Waals surface area contributed by atoms with Crippen LogP contribution >= 0.6 is 27.7 Å². The lowest BCUT2D eigenvalue weighted by atomic mass is 10.3. The number of pyridine rings is 1. The van der Waals surface area contributed by atoms with Gasteiger partial charge in [-0.05, 0) is 47.1 Å². The number of halogens is 1. The molecule has 4 nitrogen and oxygen atoms in total. The van der Waals surface area contributed by atoms with E-state index in [1.54, 1.807) is 11.8 Å². The van der Waals surface area contributed by atoms with Crippen LogP contribution in [-0.2, 0) is 5.75 Å². The topological polar surface area (TPSA) is 50.8 Å². The van der Waals surface area contributed by atoms with E-state index in [1.165, 1.54) is 0 Å². The average Bonchev–Trinajstić information content (AvgIpc) is 2.89. The molecule has 0 saturated heterocycles. The lowest BCUT2D eigenvalue weighted by Gasteiger charge is -2.00. The van der Waals surface area contributed by atoms with Gasteiger partial charge in [0.15, 0.2) is 5.16 Å². The highest BCUT2D eigenvalue weighted by Gasteiger charge is 2.05. The first-order valence-electron chi connectivity index (χ1n) is 6.60. The largest absolute Gasteiger partial charge is 0.494 e. The van der Waals surface area contributed by atoms with Gasteiger partial charge in [-0.15, -0.1) is 0 Å². The molecule has 6 heteroatoms. The number of imidazole rings is 1. The Hall–Kier alpha value is -1.53. The summed E-state index contributed by atoms with van der Waals surface area (Å²) in [4.78, 5) is 12.2. The first kappa shape index (κ1) is 14.4. The molecule has 0 saturated carbocycles. The molecule has 0 amide bonds. The summed E-state index contributed by atoms with van der Waals surface area (Å²) in [6, 6.07) is 9.90. The molecule has 2 aromatic heterocycles. The summed E-state index contributed by atoms with van der Waals surface area (Å²) in [6.45, 7) is 2.64. The normalized spacial score (nSPS) is 11.0. The molecule has 1 aromatic carbocycles. The van der Waals surface area contributed by atoms with Gasteiger partial charge in [-0.1, -0.05) is 11.8 Å². The van der Waals surface area contributed by atoms with Crippen LogP contribution in [-0.4, -0.2) is 21.6 Å². The summed E-state index contributed by atoms with van der Waals surface area (Å²) in [5.41, 5.74) is 2.97. The molecule has 0 fully saturated rings. The molecule has 3 aromatic rings. The van der Waals surface area contributed by atoms with Gasteiger partial charge < -0.3 is 9.72 Å². The first-order chi connectivity index (χ1) is 10.2. The van der Waals surface area contributed by atoms with E-state index in [0.717, 1.165) is 37.9 Å². The molecule has 1 N–H and O–H groups in total. The summed E-state index contributed by atoms with van der Waals surface area (Å²) >= 11 is 5.02. The SMILES string of the molecule is CCOc1ccc2nc(SCc3ccc(Br)cn3)[nH]c2c1. The third-order valence-corrected chi connectivity index (χ3v) is 4.26. The Morgan fingerprint density at radius 1 is 1.29 bits per heavy atom. The Kier molecular flexibility index (Phi) is 4.45. The van der Waals surface area contributed by atoms with Crippen LogP contribution in [0.25, 0.3) is 11.0 Å². The van der Waals surface area contributed by atoms with Crippen LogP contribution in [0.15, 0.2) is 46.2 Å². The van der Waals surface area contributed by atoms with Crippen molar-refractivity contribution in [3.05, 3.63) is 46.7 Å². The molecule has 2 heterocycles. The first-order valence-corrected chi connectivity index (χ1v) is 8.38. The third kappa shape index (κ3) is 3.57. The number of hydrogen-bond donors (Lipinski definition) is 1. The molecule has 0 aliphatic carbocycles. The molecular weight excluding hydrogens is 350 g/mol. The third-order valence-electron chi connectivity index (χ3n) is 2.89. The lowest BCUT2D eigenvalue weighted by molar-refractivity contribution is 0.340. The minimum atomic E-state index is 0.663. The van der Waals surface area contributed by atoms with Gasteiger partial charge in [-0.25, -0.2) is 4.98 Å². The average molecular weight is 364 g/mol. The number of rotatable bonds is 5. The van der Waals surface area contributed by atoms with Crippen LogP contribution in [0.5, 0.6) is 5.75 Å². The van der Waals surface area contributed by atoms with E-state index in [-0.39, 0.29) is 0 Å². The standard InChI is InChI=1S/C15H14BrN3OS/c1-2-20-12-5-6-13-14(7-12)19-15(18-13)21-9-11-4-3-10(16)8-17-11/h3-8H,2,9H2,1H3,(H,18,19). The van der Waals surface area contributed by atoms with Crippen molar-refractivity contribution in [3.63, 3.8) is 0 Å². The number of fused-ring (bicyclic) bond motifs is 1. The number of hydrogen-bond acceptors (Lipinski definition) is 4. The summed E-state index contributed by atoms with van der Waals surface area (Å²) in [5, 5.41) is 0.892. The van der Waals surface area contributed by atoms with Gasteiger partial charge in [0.25, 0.3) is 0 Å². The maximum atomic E-state index is 5.49. The van der Waals surface area contributed by atoms with Gasteiger partial charge in [-0.2, -0.15) is 0 Å². The summed E-state index contributed by atoms with van der Waals surface area (Å²) < 4.78 is 6.48. The zero-order chi connectivity index (χ0) is 14.7. The number of thioether (sulfide) groups is 1. The fourth-order valence-electron chi connectivity index (χ4n) is 1.92. The molecule has 0 bridgehead atoms. The summed E-state index contributed by atoms with van der Waals surface area (Å²) in [6.07, 6.45) is 1.81. The molecular formula is C15H14BrN3OS. The Morgan fingerprint density at radius 3 is 2.95 bits per heavy atom. The van der Waals surface area contributed by atoms with Crippen molar-refractivity contribution in [1.82, 2.24) is 15.0 Å². The molecule has 0 atom stereocenters. The monoisotopic (exact) mass is 363 g/mol. The van der Waals surface area contributed by atoms with E-state index in [2.05, 4.69) is 30.9 Å². The number of aromatic amines is 1. The Bertz CT molecular complexity index is 742. The van der Waals surface area contributed by atoms with Gasteiger partial charge in [0, 0.05) is 22.5 Å². The van der Waals surface area contributed by atoms with Gasteiger partial charge in [0.2, 0.25) is 0 Å². The predicted octanol–water partition coefficient (Wildman–Crippen LogP) is 4.41. The fraction of sp³-hybridized carbons (Fsp3) is 0.200. The van der Waals surface area contributed by atoms with Crippen LogP contribution < -0.4 is 4.74 Å². The van der Waals surface area contributed by atoms with Crippen LogP contribution in [0, 0.1) is 0 Å². The van der Waals surface area contributed by atoms with Crippen LogP contribution in [0.4, 0.5) is 0 Å². The van der Waals surface area contributed by atoms with Crippen molar-refractivity contribution < 1.29 is 4.74 Å². The molecule has 0 spiro atoms. The number of benzene rings is 1. The summed E-state index contributed by atoms with van der Waals surface area (Å²) in [7, 11) is 0. The number of nitrogens with zero attached hydrogens (tertiary/aromatic N) is 2. The number of H-pyrrole nitrogens is 1. The Morgan fingerprint density at radius 2 is 2.19 bits per heavy atom. The van der Waals surface area contributed by atoms with Gasteiger partial charge >= 0.3 is 0 Å². The molecule has 0 aliphatic rings. The maximum absolute atomic E-state index is 5.49. The lowest BCUT2D eigenvalue weighted by Crippen LogP contribution is -1.90. The van der Waals surface area contributed by atoms with Crippen LogP contribution in [0.2, 0.25) is 0 Å². The van der Waals surface area contributed by atoms with Crippen molar-refractivity contribution in [2.75, 3.05) is 6.61 Å². The molecule has 3 rings (SSSR count). The molecule has 21 heavy (non-hydrogen) atoms. The minimum Gasteiger partial charge on any atom is -0.494 e. The number of ether oxygens (including phenoxy) is 1. The second kappa shape index (κ2) is 6.49. The van der Waals surface area contributed by atoms with Gasteiger partial charge in [0.1, 0.15) is 5.75 Å². The highest BCUT2D eigenvalue weighted by molar-refractivity contribution is 9.10. The number of aromatic nitrogens is 3. The van der Waals surface area contributed by atoms with E-state index in [0.29, 0.717) is 6.61 Å². The minimum absolute atomic E-state index is 0.663. The van der Waals surface area contributed by atoms with Crippen molar-refractivity contribution in [1.29, 1.82) is 0 Å². The Balaban J connectivity index is 1.73. The van der Waals surface area contributed by atoms with E-state index in [9.17, 15) is 0 Å². The smallest absolute Gasteiger partial charge is 0.166 e. The van der Waals surface area contributed by atoms with Crippen molar-refractivity contribution >= 4 is 38.7 Å². The van der Waals surface area contributed by atoms with Crippen molar-refractivity contribution in [2.45, 2.75) is 17.8 Å². The molecule has 0 aliphatic heterocycles. The zero-order valence-corrected chi connectivity index (χ0v) is 13.9. The highest BCUT2D eigenvalue weighted by Crippen LogP contribution is 2.25. The van der Waals surface area contributed by atoms with E-state index in [4.69, 9.17) is 4.74 Å². The molecule has 0 radical (unpaired) electrons. The fourth-order valence-corrected chi connectivity index (χ4v) is 2.96. The van der Waals surface area contributed by atoms with Crippen LogP contribution in [0.1, 0.15) is 12.6 Å². The van der Waals surface area contributed by atoms with Crippen molar-refractivity contribution in [3.8, 4) is 5.75 Å². The zero-order valence-electron chi connectivity index (χ0n) is 11.5.